The molecule has 1 aliphatic heterocycles. The lowest BCUT2D eigenvalue weighted by atomic mass is 9.93. The van der Waals surface area contributed by atoms with Crippen molar-refractivity contribution in [3.05, 3.63) is 45.1 Å². The Labute approximate surface area is 182 Å². The van der Waals surface area contributed by atoms with Crippen LogP contribution in [0.5, 0.6) is 11.5 Å². The number of hydrogen-bond acceptors (Lipinski definition) is 5. The summed E-state index contributed by atoms with van der Waals surface area (Å²) >= 11 is 7.69. The van der Waals surface area contributed by atoms with E-state index in [9.17, 15) is 4.79 Å². The number of amides is 1. The van der Waals surface area contributed by atoms with Crippen LogP contribution in [0.1, 0.15) is 36.1 Å². The minimum atomic E-state index is 0.0880. The van der Waals surface area contributed by atoms with Crippen molar-refractivity contribution in [2.45, 2.75) is 38.8 Å². The van der Waals surface area contributed by atoms with Crippen LogP contribution in [0.15, 0.2) is 30.3 Å². The number of ether oxygens (including phenoxy) is 2. The summed E-state index contributed by atoms with van der Waals surface area (Å²) in [6, 6.07) is 9.71. The van der Waals surface area contributed by atoms with Crippen LogP contribution in [-0.2, 0) is 17.9 Å². The molecule has 0 spiro atoms. The Hall–Kier alpha value is -1.76. The molecular weight excluding hydrogens is 408 g/mol. The van der Waals surface area contributed by atoms with Crippen LogP contribution in [0.4, 0.5) is 0 Å². The molecule has 1 saturated heterocycles. The van der Waals surface area contributed by atoms with Crippen LogP contribution >= 0.6 is 22.9 Å². The fraction of sp³-hybridized carbons (Fsp3) is 0.500. The molecule has 1 unspecified atom stereocenters. The predicted molar refractivity (Wildman–Crippen MR) is 118 cm³/mol. The summed E-state index contributed by atoms with van der Waals surface area (Å²) in [4.78, 5) is 16.1. The van der Waals surface area contributed by atoms with Crippen molar-refractivity contribution in [1.82, 2.24) is 10.2 Å². The number of methoxy groups -OCH3 is 2. The number of carbonyl (C=O) groups excluding carboxylic acids is 1. The van der Waals surface area contributed by atoms with Crippen molar-refractivity contribution in [3.8, 4) is 11.5 Å². The molecule has 0 bridgehead atoms. The third kappa shape index (κ3) is 6.63. The maximum Gasteiger partial charge on any atom is 0.220 e. The molecular formula is C22H29ClN2O3S. The molecule has 1 amide bonds. The molecule has 2 aromatic rings. The Morgan fingerprint density at radius 2 is 2.14 bits per heavy atom. The second-order valence-electron chi connectivity index (χ2n) is 7.44. The topological polar surface area (TPSA) is 50.8 Å². The van der Waals surface area contributed by atoms with Crippen LogP contribution in [0, 0.1) is 5.92 Å². The summed E-state index contributed by atoms with van der Waals surface area (Å²) in [6.07, 6.45) is 3.87. The highest BCUT2D eigenvalue weighted by atomic mass is 35.5. The SMILES string of the molecule is COc1ccc(CNC(=O)CCC2CCCN(Cc3ccc(Cl)s3)C2)c(OC)c1. The minimum Gasteiger partial charge on any atom is -0.497 e. The van der Waals surface area contributed by atoms with Gasteiger partial charge in [-0.05, 0) is 56.0 Å². The fourth-order valence-corrected chi connectivity index (χ4v) is 4.93. The van der Waals surface area contributed by atoms with E-state index in [4.69, 9.17) is 21.1 Å². The Morgan fingerprint density at radius 1 is 1.28 bits per heavy atom. The number of benzene rings is 1. The van der Waals surface area contributed by atoms with E-state index in [1.165, 1.54) is 17.7 Å². The van der Waals surface area contributed by atoms with E-state index < -0.39 is 0 Å². The number of likely N-dealkylation sites (tertiary alicyclic amines) is 1. The van der Waals surface area contributed by atoms with Crippen LogP contribution in [0.25, 0.3) is 0 Å². The molecule has 29 heavy (non-hydrogen) atoms. The van der Waals surface area contributed by atoms with Crippen molar-refractivity contribution < 1.29 is 14.3 Å². The molecule has 1 aromatic carbocycles. The quantitative estimate of drug-likeness (QED) is 0.617. The third-order valence-corrected chi connectivity index (χ3v) is 6.58. The van der Waals surface area contributed by atoms with Gasteiger partial charge in [-0.15, -0.1) is 11.3 Å². The first kappa shape index (κ1) is 21.9. The molecule has 3 rings (SSSR count). The number of nitrogens with one attached hydrogen (secondary N) is 1. The number of rotatable bonds is 9. The second-order valence-corrected chi connectivity index (χ2v) is 9.24. The fourth-order valence-electron chi connectivity index (χ4n) is 3.80. The Bertz CT molecular complexity index is 811. The molecule has 5 nitrogen and oxygen atoms in total. The van der Waals surface area contributed by atoms with Crippen LogP contribution in [0.2, 0.25) is 4.34 Å². The van der Waals surface area contributed by atoms with Gasteiger partial charge in [-0.25, -0.2) is 0 Å². The molecule has 0 aliphatic carbocycles. The number of halogens is 1. The predicted octanol–water partition coefficient (Wildman–Crippen LogP) is 4.73. The van der Waals surface area contributed by atoms with E-state index in [1.807, 2.05) is 24.3 Å². The molecule has 1 atom stereocenters. The normalized spacial score (nSPS) is 17.1. The summed E-state index contributed by atoms with van der Waals surface area (Å²) in [5.41, 5.74) is 0.945. The zero-order chi connectivity index (χ0) is 20.6. The first-order valence-electron chi connectivity index (χ1n) is 10.0. The molecule has 7 heteroatoms. The molecule has 158 valence electrons. The summed E-state index contributed by atoms with van der Waals surface area (Å²) in [5.74, 6) is 2.12. The van der Waals surface area contributed by atoms with Crippen molar-refractivity contribution in [3.63, 3.8) is 0 Å². The first-order valence-corrected chi connectivity index (χ1v) is 11.2. The van der Waals surface area contributed by atoms with Gasteiger partial charge in [0.25, 0.3) is 0 Å². The monoisotopic (exact) mass is 436 g/mol. The van der Waals surface area contributed by atoms with Gasteiger partial charge in [0.1, 0.15) is 11.5 Å². The van der Waals surface area contributed by atoms with E-state index in [1.54, 1.807) is 25.6 Å². The van der Waals surface area contributed by atoms with Crippen LogP contribution < -0.4 is 14.8 Å². The molecule has 1 fully saturated rings. The highest BCUT2D eigenvalue weighted by Crippen LogP contribution is 2.27. The highest BCUT2D eigenvalue weighted by Gasteiger charge is 2.21. The average Bonchev–Trinajstić information content (AvgIpc) is 3.15. The van der Waals surface area contributed by atoms with Crippen LogP contribution in [0.3, 0.4) is 0 Å². The van der Waals surface area contributed by atoms with Crippen LogP contribution in [-0.4, -0.2) is 38.1 Å². The lowest BCUT2D eigenvalue weighted by Gasteiger charge is -2.32. The van der Waals surface area contributed by atoms with Gasteiger partial charge in [0.2, 0.25) is 5.91 Å². The molecule has 0 saturated carbocycles. The highest BCUT2D eigenvalue weighted by molar-refractivity contribution is 7.16. The van der Waals surface area contributed by atoms with Crippen molar-refractivity contribution >= 4 is 28.8 Å². The smallest absolute Gasteiger partial charge is 0.220 e. The van der Waals surface area contributed by atoms with E-state index >= 15 is 0 Å². The van der Waals surface area contributed by atoms with E-state index in [0.29, 0.717) is 18.9 Å². The lowest BCUT2D eigenvalue weighted by Crippen LogP contribution is -2.35. The summed E-state index contributed by atoms with van der Waals surface area (Å²) in [7, 11) is 3.25. The van der Waals surface area contributed by atoms with Gasteiger partial charge in [0.15, 0.2) is 0 Å². The summed E-state index contributed by atoms with van der Waals surface area (Å²) in [6.45, 7) is 3.59. The lowest BCUT2D eigenvalue weighted by molar-refractivity contribution is -0.121. The molecule has 1 aromatic heterocycles. The maximum absolute atomic E-state index is 12.4. The largest absolute Gasteiger partial charge is 0.497 e. The Morgan fingerprint density at radius 3 is 2.86 bits per heavy atom. The summed E-state index contributed by atoms with van der Waals surface area (Å²) in [5, 5.41) is 3.02. The van der Waals surface area contributed by atoms with Gasteiger partial charge >= 0.3 is 0 Å². The summed E-state index contributed by atoms with van der Waals surface area (Å²) < 4.78 is 11.5. The number of hydrogen-bond donors (Lipinski definition) is 1. The Balaban J connectivity index is 1.42. The average molecular weight is 437 g/mol. The molecule has 1 aliphatic rings. The standard InChI is InChI=1S/C22H29ClN2O3S/c1-27-18-7-6-17(20(12-18)28-2)13-24-22(26)10-5-16-4-3-11-25(14-16)15-19-8-9-21(23)29-19/h6-9,12,16H,3-5,10-11,13-15H2,1-2H3,(H,24,26). The van der Waals surface area contributed by atoms with Crippen molar-refractivity contribution in [2.75, 3.05) is 27.3 Å². The van der Waals surface area contributed by atoms with E-state index in [-0.39, 0.29) is 5.91 Å². The third-order valence-electron chi connectivity index (χ3n) is 5.36. The van der Waals surface area contributed by atoms with Gasteiger partial charge < -0.3 is 14.8 Å². The van der Waals surface area contributed by atoms with Gasteiger partial charge in [0, 0.05) is 42.6 Å². The van der Waals surface area contributed by atoms with Crippen molar-refractivity contribution in [2.24, 2.45) is 5.92 Å². The zero-order valence-corrected chi connectivity index (χ0v) is 18.7. The van der Waals surface area contributed by atoms with Gasteiger partial charge in [-0.1, -0.05) is 11.6 Å². The van der Waals surface area contributed by atoms with Gasteiger partial charge in [0.05, 0.1) is 18.6 Å². The van der Waals surface area contributed by atoms with E-state index in [2.05, 4.69) is 16.3 Å². The zero-order valence-electron chi connectivity index (χ0n) is 17.1. The molecule has 0 radical (unpaired) electrons. The van der Waals surface area contributed by atoms with Gasteiger partial charge in [-0.3, -0.25) is 9.69 Å². The minimum absolute atomic E-state index is 0.0880. The van der Waals surface area contributed by atoms with Gasteiger partial charge in [-0.2, -0.15) is 0 Å². The number of piperidine rings is 1. The number of nitrogens with zero attached hydrogens (tertiary/aromatic N) is 1. The number of thiophene rings is 1. The Kier molecular flexibility index (Phi) is 8.21. The first-order chi connectivity index (χ1) is 14.1. The molecule has 1 N–H and O–H groups in total. The maximum atomic E-state index is 12.4. The second kappa shape index (κ2) is 10.9. The van der Waals surface area contributed by atoms with E-state index in [0.717, 1.165) is 47.5 Å². The van der Waals surface area contributed by atoms with Crippen molar-refractivity contribution in [1.29, 1.82) is 0 Å². The molecule has 2 heterocycles. The number of carbonyl (C=O) groups is 1.